The van der Waals surface area contributed by atoms with Gasteiger partial charge >= 0.3 is 0 Å². The minimum atomic E-state index is -2.12. The predicted octanol–water partition coefficient (Wildman–Crippen LogP) is 14.1. The Kier molecular flexibility index (Phi) is 13.0. The topological polar surface area (TPSA) is 21.7 Å². The Labute approximate surface area is 355 Å². The predicted molar refractivity (Wildman–Crippen MR) is 253 cm³/mol. The molecule has 3 nitrogen and oxygen atoms in total. The van der Waals surface area contributed by atoms with Crippen molar-refractivity contribution >= 4 is 35.5 Å². The molecule has 304 valence electrons. The van der Waals surface area contributed by atoms with Crippen LogP contribution in [0.4, 0.5) is 17.1 Å². The zero-order valence-corrected chi connectivity index (χ0v) is 36.9. The van der Waals surface area contributed by atoms with Crippen molar-refractivity contribution < 1.29 is 9.47 Å². The van der Waals surface area contributed by atoms with E-state index in [4.69, 9.17) is 9.47 Å². The van der Waals surface area contributed by atoms with E-state index in [1.165, 1.54) is 102 Å². The summed E-state index contributed by atoms with van der Waals surface area (Å²) in [7, 11) is -2.12. The van der Waals surface area contributed by atoms with Gasteiger partial charge in [-0.15, -0.1) is 0 Å². The summed E-state index contributed by atoms with van der Waals surface area (Å²) in [6, 6.07) is 54.7. The minimum Gasteiger partial charge on any atom is -0.353 e. The van der Waals surface area contributed by atoms with E-state index in [0.717, 1.165) is 36.5 Å². The first-order valence-corrected chi connectivity index (χ1v) is 25.5. The van der Waals surface area contributed by atoms with Gasteiger partial charge in [-0.2, -0.15) is 0 Å². The van der Waals surface area contributed by atoms with Gasteiger partial charge in [-0.05, 0) is 119 Å². The molecule has 0 saturated carbocycles. The van der Waals surface area contributed by atoms with Crippen LogP contribution in [0.15, 0.2) is 146 Å². The number of anilines is 3. The molecule has 6 aromatic carbocycles. The number of nitrogens with zero attached hydrogens (tertiary/aromatic N) is 1. The fourth-order valence-electron chi connectivity index (χ4n) is 9.92. The van der Waals surface area contributed by atoms with Crippen LogP contribution in [0.25, 0.3) is 22.3 Å². The first-order valence-electron chi connectivity index (χ1n) is 22.5. The first-order chi connectivity index (χ1) is 28.9. The summed E-state index contributed by atoms with van der Waals surface area (Å²) in [6.07, 6.45) is 13.0. The molecule has 8 rings (SSSR count). The number of benzene rings is 6. The Balaban J connectivity index is 1.17. The van der Waals surface area contributed by atoms with Crippen LogP contribution < -0.4 is 15.3 Å². The number of hydrogen-bond acceptors (Lipinski definition) is 3. The Morgan fingerprint density at radius 2 is 1.19 bits per heavy atom. The Hall–Kier alpha value is -4.74. The Morgan fingerprint density at radius 3 is 1.81 bits per heavy atom. The highest BCUT2D eigenvalue weighted by atomic mass is 28.3. The molecule has 0 bridgehead atoms. The van der Waals surface area contributed by atoms with Gasteiger partial charge in [-0.1, -0.05) is 174 Å². The second-order valence-electron chi connectivity index (χ2n) is 17.5. The van der Waals surface area contributed by atoms with Crippen LogP contribution in [0.2, 0.25) is 13.1 Å². The molecule has 1 heterocycles. The third-order valence-electron chi connectivity index (χ3n) is 13.2. The smallest absolute Gasteiger partial charge is 0.158 e. The first kappa shape index (κ1) is 41.0. The molecule has 1 saturated heterocycles. The molecule has 1 aliphatic heterocycles. The van der Waals surface area contributed by atoms with Crippen LogP contribution in [0, 0.1) is 0 Å². The van der Waals surface area contributed by atoms with Crippen molar-refractivity contribution in [2.45, 2.75) is 116 Å². The molecule has 0 radical (unpaired) electrons. The van der Waals surface area contributed by atoms with Crippen LogP contribution in [0.5, 0.6) is 0 Å². The van der Waals surface area contributed by atoms with Crippen LogP contribution >= 0.6 is 0 Å². The fourth-order valence-corrected chi connectivity index (χ4v) is 12.7. The molecule has 1 unspecified atom stereocenters. The summed E-state index contributed by atoms with van der Waals surface area (Å²) in [6.45, 7) is 11.2. The fraction of sp³-hybridized carbons (Fsp3) is 0.345. The molecule has 0 spiro atoms. The molecule has 6 aromatic rings. The van der Waals surface area contributed by atoms with Gasteiger partial charge in [-0.3, -0.25) is 0 Å². The lowest BCUT2D eigenvalue weighted by molar-refractivity contribution is -0.168. The van der Waals surface area contributed by atoms with Gasteiger partial charge in [0.2, 0.25) is 0 Å². The molecular formula is C55H63NO2Si. The molecule has 0 amide bonds. The monoisotopic (exact) mass is 797 g/mol. The normalized spacial score (nSPS) is 15.8. The summed E-state index contributed by atoms with van der Waals surface area (Å²) in [5.41, 5.74) is 13.3. The third-order valence-corrected chi connectivity index (χ3v) is 16.8. The van der Waals surface area contributed by atoms with E-state index in [0.29, 0.717) is 6.61 Å². The van der Waals surface area contributed by atoms with Gasteiger partial charge in [0, 0.05) is 29.1 Å². The van der Waals surface area contributed by atoms with Crippen LogP contribution in [0.1, 0.15) is 101 Å². The summed E-state index contributed by atoms with van der Waals surface area (Å²) in [5, 5.41) is 2.98. The number of unbranched alkanes of at least 4 members (excludes halogenated alkanes) is 4. The van der Waals surface area contributed by atoms with E-state index in [9.17, 15) is 0 Å². The Bertz CT molecular complexity index is 2230. The number of rotatable bonds is 17. The van der Waals surface area contributed by atoms with Crippen molar-refractivity contribution in [1.82, 2.24) is 0 Å². The van der Waals surface area contributed by atoms with Crippen LogP contribution in [-0.2, 0) is 21.5 Å². The van der Waals surface area contributed by atoms with Crippen molar-refractivity contribution in [3.8, 4) is 22.3 Å². The number of hydrogen-bond donors (Lipinski definition) is 0. The number of para-hydroxylation sites is 2. The average Bonchev–Trinajstić information content (AvgIpc) is 3.55. The Morgan fingerprint density at radius 1 is 0.610 bits per heavy atom. The van der Waals surface area contributed by atoms with Gasteiger partial charge in [0.1, 0.15) is 8.07 Å². The average molecular weight is 798 g/mol. The highest BCUT2D eigenvalue weighted by Crippen LogP contribution is 2.55. The minimum absolute atomic E-state index is 0.0101. The maximum absolute atomic E-state index is 6.40. The van der Waals surface area contributed by atoms with E-state index in [-0.39, 0.29) is 11.7 Å². The number of ether oxygens (including phenoxy) is 2. The van der Waals surface area contributed by atoms with Gasteiger partial charge in [-0.25, -0.2) is 0 Å². The number of fused-ring (bicyclic) bond motifs is 3. The third kappa shape index (κ3) is 8.64. The molecular weight excluding hydrogens is 735 g/mol. The lowest BCUT2D eigenvalue weighted by Gasteiger charge is -2.35. The van der Waals surface area contributed by atoms with Crippen molar-refractivity contribution in [3.63, 3.8) is 0 Å². The maximum atomic E-state index is 6.40. The van der Waals surface area contributed by atoms with Crippen molar-refractivity contribution in [2.75, 3.05) is 11.5 Å². The van der Waals surface area contributed by atoms with E-state index in [2.05, 4.69) is 177 Å². The molecule has 0 N–H and O–H groups in total. The van der Waals surface area contributed by atoms with Crippen molar-refractivity contribution in [1.29, 1.82) is 0 Å². The highest BCUT2D eigenvalue weighted by molar-refractivity contribution is 7.00. The largest absolute Gasteiger partial charge is 0.353 e. The zero-order chi connectivity index (χ0) is 40.7. The van der Waals surface area contributed by atoms with E-state index in [1.54, 1.807) is 5.56 Å². The molecule has 59 heavy (non-hydrogen) atoms. The SMILES string of the molecule is CCCCCC1(CCCCC)c2cc(-c3ccc(N(c4ccccc4)c4ccccc4)cc3)ccc2-c2ccc([Si](C)(C)c3ccccc3COC3CCCCO3)cc21. The van der Waals surface area contributed by atoms with Crippen LogP contribution in [-0.4, -0.2) is 21.0 Å². The molecule has 2 aliphatic rings. The van der Waals surface area contributed by atoms with Crippen LogP contribution in [0.3, 0.4) is 0 Å². The van der Waals surface area contributed by atoms with Gasteiger partial charge < -0.3 is 14.4 Å². The molecule has 4 heteroatoms. The van der Waals surface area contributed by atoms with Gasteiger partial charge in [0.15, 0.2) is 6.29 Å². The molecule has 1 aliphatic carbocycles. The van der Waals surface area contributed by atoms with E-state index >= 15 is 0 Å². The summed E-state index contributed by atoms with van der Waals surface area (Å²) in [5.74, 6) is 0. The van der Waals surface area contributed by atoms with Crippen molar-refractivity contribution in [2.24, 2.45) is 0 Å². The summed E-state index contributed by atoms with van der Waals surface area (Å²) >= 11 is 0. The van der Waals surface area contributed by atoms with Gasteiger partial charge in [0.05, 0.1) is 6.61 Å². The highest BCUT2D eigenvalue weighted by Gasteiger charge is 2.43. The van der Waals surface area contributed by atoms with E-state index in [1.807, 2.05) is 0 Å². The lowest BCUT2D eigenvalue weighted by atomic mass is 9.70. The molecule has 0 aromatic heterocycles. The molecule has 1 atom stereocenters. The zero-order valence-electron chi connectivity index (χ0n) is 35.9. The molecule has 1 fully saturated rings. The quantitative estimate of drug-likeness (QED) is 0.0678. The second kappa shape index (κ2) is 18.7. The standard InChI is InChI=1S/C55H63NO2Si/c1-5-7-18-36-55(37-19-8-6-2)51-39-43(42-28-31-47(32-29-42)56(45-22-11-9-12-23-45)46-24-13-10-14-25-46)30-34-49(51)50-35-33-48(40-52(50)55)59(3,4)53-26-16-15-21-44(53)41-58-54-27-17-20-38-57-54/h9-16,21-26,28-35,39-40,54H,5-8,17-20,27,36-38,41H2,1-4H3. The van der Waals surface area contributed by atoms with Crippen molar-refractivity contribution in [3.05, 3.63) is 162 Å². The van der Waals surface area contributed by atoms with E-state index < -0.39 is 8.07 Å². The van der Waals surface area contributed by atoms with Gasteiger partial charge in [0.25, 0.3) is 0 Å². The summed E-state index contributed by atoms with van der Waals surface area (Å²) in [4.78, 5) is 2.34. The lowest BCUT2D eigenvalue weighted by Crippen LogP contribution is -2.54. The second-order valence-corrected chi connectivity index (χ2v) is 21.8. The summed E-state index contributed by atoms with van der Waals surface area (Å²) < 4.78 is 12.4. The maximum Gasteiger partial charge on any atom is 0.158 e.